The van der Waals surface area contributed by atoms with Crippen molar-refractivity contribution >= 4 is 17.8 Å². The van der Waals surface area contributed by atoms with E-state index < -0.39 is 10.8 Å². The van der Waals surface area contributed by atoms with Crippen LogP contribution in [0.25, 0.3) is 0 Å². The molecule has 1 N–H and O–H groups in total. The van der Waals surface area contributed by atoms with E-state index >= 15 is 0 Å². The average molecular weight is 327 g/mol. The molecule has 7 nitrogen and oxygen atoms in total. The summed E-state index contributed by atoms with van der Waals surface area (Å²) in [6.45, 7) is 4.06. The van der Waals surface area contributed by atoms with Gasteiger partial charge in [-0.3, -0.25) is 14.9 Å². The topological polar surface area (TPSA) is 93.8 Å². The monoisotopic (exact) mass is 327 g/mol. The quantitative estimate of drug-likeness (QED) is 0.501. The molecule has 7 heteroatoms. The molecule has 2 rings (SSSR count). The summed E-state index contributed by atoms with van der Waals surface area (Å²) < 4.78 is 5.38. The molecular weight excluding hydrogens is 310 g/mol. The number of hydrogen-bond acceptors (Lipinski definition) is 5. The Balaban J connectivity index is 2.06. The number of hydrazone groups is 1. The molecule has 0 bridgehead atoms. The first-order valence-electron chi connectivity index (χ1n) is 7.32. The molecule has 0 aliphatic carbocycles. The Kier molecular flexibility index (Phi) is 5.62. The van der Waals surface area contributed by atoms with Gasteiger partial charge in [0.05, 0.1) is 17.7 Å². The molecule has 0 aromatic heterocycles. The Bertz CT molecular complexity index is 787. The van der Waals surface area contributed by atoms with Crippen molar-refractivity contribution in [2.75, 3.05) is 6.61 Å². The van der Waals surface area contributed by atoms with Crippen LogP contribution in [-0.4, -0.2) is 23.7 Å². The minimum atomic E-state index is -0.519. The summed E-state index contributed by atoms with van der Waals surface area (Å²) in [6.07, 6.45) is 1.48. The predicted octanol–water partition coefficient (Wildman–Crippen LogP) is 3.07. The number of rotatable bonds is 6. The first kappa shape index (κ1) is 17.1. The van der Waals surface area contributed by atoms with Gasteiger partial charge in [-0.25, -0.2) is 5.43 Å². The van der Waals surface area contributed by atoms with Gasteiger partial charge in [-0.2, -0.15) is 5.10 Å². The largest absolute Gasteiger partial charge is 0.494 e. The Morgan fingerprint density at radius 1 is 1.33 bits per heavy atom. The van der Waals surface area contributed by atoms with Gasteiger partial charge in [0.25, 0.3) is 11.6 Å². The smallest absolute Gasteiger partial charge is 0.273 e. The van der Waals surface area contributed by atoms with Gasteiger partial charge >= 0.3 is 0 Å². The summed E-state index contributed by atoms with van der Waals surface area (Å²) in [6, 6.07) is 11.5. The Morgan fingerprint density at radius 2 is 2.12 bits per heavy atom. The molecule has 0 spiro atoms. The number of carbonyl (C=O) groups is 1. The van der Waals surface area contributed by atoms with Crippen LogP contribution in [0.1, 0.15) is 28.4 Å². The summed E-state index contributed by atoms with van der Waals surface area (Å²) in [5, 5.41) is 14.8. The third-order valence-corrected chi connectivity index (χ3v) is 3.22. The molecule has 0 radical (unpaired) electrons. The van der Waals surface area contributed by atoms with Gasteiger partial charge in [0, 0.05) is 17.2 Å². The second kappa shape index (κ2) is 7.87. The Labute approximate surface area is 139 Å². The molecule has 0 aliphatic rings. The molecule has 0 saturated heterocycles. The predicted molar refractivity (Wildman–Crippen MR) is 90.5 cm³/mol. The number of nitrogens with one attached hydrogen (secondary N) is 1. The van der Waals surface area contributed by atoms with E-state index in [1.165, 1.54) is 24.4 Å². The lowest BCUT2D eigenvalue weighted by atomic mass is 10.1. The number of benzene rings is 2. The van der Waals surface area contributed by atoms with E-state index in [9.17, 15) is 14.9 Å². The summed E-state index contributed by atoms with van der Waals surface area (Å²) in [4.78, 5) is 22.4. The van der Waals surface area contributed by atoms with Gasteiger partial charge in [0.1, 0.15) is 5.75 Å². The molecule has 124 valence electrons. The maximum absolute atomic E-state index is 12.0. The number of nitro benzene ring substituents is 1. The highest BCUT2D eigenvalue weighted by molar-refractivity contribution is 5.95. The summed E-state index contributed by atoms with van der Waals surface area (Å²) in [5.74, 6) is 0.192. The fourth-order valence-electron chi connectivity index (χ4n) is 2.03. The molecule has 0 aliphatic heterocycles. The van der Waals surface area contributed by atoms with Gasteiger partial charge in [0.2, 0.25) is 0 Å². The van der Waals surface area contributed by atoms with E-state index in [0.29, 0.717) is 17.9 Å². The van der Waals surface area contributed by atoms with Crippen LogP contribution < -0.4 is 10.2 Å². The molecule has 2 aromatic rings. The first-order valence-corrected chi connectivity index (χ1v) is 7.32. The van der Waals surface area contributed by atoms with Gasteiger partial charge in [0.15, 0.2) is 0 Å². The van der Waals surface area contributed by atoms with Gasteiger partial charge in [-0.05, 0) is 37.6 Å². The van der Waals surface area contributed by atoms with Crippen LogP contribution in [0.2, 0.25) is 0 Å². The highest BCUT2D eigenvalue weighted by Crippen LogP contribution is 2.19. The first-order chi connectivity index (χ1) is 11.5. The number of hydrogen-bond donors (Lipinski definition) is 1. The minimum absolute atomic E-state index is 0.101. The lowest BCUT2D eigenvalue weighted by Gasteiger charge is -2.03. The van der Waals surface area contributed by atoms with Gasteiger partial charge in [-0.15, -0.1) is 0 Å². The van der Waals surface area contributed by atoms with Crippen LogP contribution in [0.4, 0.5) is 5.69 Å². The molecule has 2 aromatic carbocycles. The van der Waals surface area contributed by atoms with Crippen LogP contribution in [0, 0.1) is 17.0 Å². The lowest BCUT2D eigenvalue weighted by Crippen LogP contribution is -2.17. The van der Waals surface area contributed by atoms with Crippen molar-refractivity contribution in [2.45, 2.75) is 13.8 Å². The second-order valence-corrected chi connectivity index (χ2v) is 4.96. The van der Waals surface area contributed by atoms with Crippen molar-refractivity contribution in [3.8, 4) is 5.75 Å². The van der Waals surface area contributed by atoms with Gasteiger partial charge < -0.3 is 4.74 Å². The molecule has 0 atom stereocenters. The molecule has 0 heterocycles. The van der Waals surface area contributed by atoms with Crippen molar-refractivity contribution in [3.05, 3.63) is 69.3 Å². The van der Waals surface area contributed by atoms with Crippen LogP contribution in [-0.2, 0) is 0 Å². The fraction of sp³-hybridized carbons (Fsp3) is 0.176. The SMILES string of the molecule is CCOc1cccc(/C=N\NC(=O)c2ccc(C)c([N+](=O)[O-])c2)c1. The molecule has 0 unspecified atom stereocenters. The minimum Gasteiger partial charge on any atom is -0.494 e. The summed E-state index contributed by atoms with van der Waals surface area (Å²) >= 11 is 0. The van der Waals surface area contributed by atoms with Crippen LogP contribution in [0.3, 0.4) is 0 Å². The Hall–Kier alpha value is -3.22. The maximum Gasteiger partial charge on any atom is 0.273 e. The third-order valence-electron chi connectivity index (χ3n) is 3.22. The van der Waals surface area contributed by atoms with Gasteiger partial charge in [-0.1, -0.05) is 18.2 Å². The third kappa shape index (κ3) is 4.39. The zero-order chi connectivity index (χ0) is 17.5. The van der Waals surface area contributed by atoms with E-state index in [1.807, 2.05) is 25.1 Å². The molecular formula is C17H17N3O4. The van der Waals surface area contributed by atoms with E-state index in [4.69, 9.17) is 4.74 Å². The zero-order valence-corrected chi connectivity index (χ0v) is 13.4. The summed E-state index contributed by atoms with van der Waals surface area (Å²) in [5.41, 5.74) is 3.68. The standard InChI is InChI=1S/C17H17N3O4/c1-3-24-15-6-4-5-13(9-15)11-18-19-17(21)14-8-7-12(2)16(10-14)20(22)23/h4-11H,3H2,1-2H3,(H,19,21)/b18-11-. The molecule has 1 amide bonds. The number of carbonyl (C=O) groups excluding carboxylic acids is 1. The fourth-order valence-corrected chi connectivity index (χ4v) is 2.03. The molecule has 0 saturated carbocycles. The number of aryl methyl sites for hydroxylation is 1. The van der Waals surface area contributed by atoms with Crippen molar-refractivity contribution in [2.24, 2.45) is 5.10 Å². The summed E-state index contributed by atoms with van der Waals surface area (Å²) in [7, 11) is 0. The van der Waals surface area contributed by atoms with E-state index in [2.05, 4.69) is 10.5 Å². The Morgan fingerprint density at radius 3 is 2.83 bits per heavy atom. The van der Waals surface area contributed by atoms with Crippen LogP contribution in [0.5, 0.6) is 5.75 Å². The normalized spacial score (nSPS) is 10.6. The molecule has 24 heavy (non-hydrogen) atoms. The van der Waals surface area contributed by atoms with Crippen LogP contribution in [0.15, 0.2) is 47.6 Å². The van der Waals surface area contributed by atoms with Crippen molar-refractivity contribution in [1.29, 1.82) is 0 Å². The van der Waals surface area contributed by atoms with E-state index in [1.54, 1.807) is 13.0 Å². The van der Waals surface area contributed by atoms with E-state index in [0.717, 1.165) is 5.56 Å². The van der Waals surface area contributed by atoms with Crippen molar-refractivity contribution in [3.63, 3.8) is 0 Å². The number of amides is 1. The average Bonchev–Trinajstić information content (AvgIpc) is 2.55. The zero-order valence-electron chi connectivity index (χ0n) is 13.4. The highest BCUT2D eigenvalue weighted by atomic mass is 16.6. The van der Waals surface area contributed by atoms with Crippen molar-refractivity contribution in [1.82, 2.24) is 5.43 Å². The second-order valence-electron chi connectivity index (χ2n) is 4.96. The number of nitro groups is 1. The highest BCUT2D eigenvalue weighted by Gasteiger charge is 2.14. The number of nitrogens with zero attached hydrogens (tertiary/aromatic N) is 2. The van der Waals surface area contributed by atoms with Crippen molar-refractivity contribution < 1.29 is 14.5 Å². The maximum atomic E-state index is 12.0. The lowest BCUT2D eigenvalue weighted by molar-refractivity contribution is -0.385. The number of ether oxygens (including phenoxy) is 1. The van der Waals surface area contributed by atoms with Crippen LogP contribution >= 0.6 is 0 Å². The van der Waals surface area contributed by atoms with E-state index in [-0.39, 0.29) is 11.3 Å². The molecule has 0 fully saturated rings.